The summed E-state index contributed by atoms with van der Waals surface area (Å²) in [5, 5.41) is 28.3. The number of nitrogens with zero attached hydrogens (tertiary/aromatic N) is 1. The first-order valence-electron chi connectivity index (χ1n) is 4.74. The molecule has 3 heteroatoms. The Balaban J connectivity index is 2.70. The van der Waals surface area contributed by atoms with E-state index in [1.807, 2.05) is 12.1 Å². The highest BCUT2D eigenvalue weighted by Crippen LogP contribution is 2.38. The Hall–Kier alpha value is -2.47. The van der Waals surface area contributed by atoms with E-state index < -0.39 is 0 Å². The van der Waals surface area contributed by atoms with Gasteiger partial charge in [0.05, 0.1) is 11.1 Å². The van der Waals surface area contributed by atoms with E-state index in [-0.39, 0.29) is 17.1 Å². The normalized spacial score (nSPS) is 9.69. The number of benzene rings is 2. The van der Waals surface area contributed by atoms with Crippen LogP contribution in [0.25, 0.3) is 11.1 Å². The third-order valence-electron chi connectivity index (χ3n) is 2.34. The smallest absolute Gasteiger partial charge is 0.144 e. The van der Waals surface area contributed by atoms with Crippen LogP contribution >= 0.6 is 0 Å². The number of rotatable bonds is 1. The lowest BCUT2D eigenvalue weighted by atomic mass is 10.0. The third-order valence-corrected chi connectivity index (χ3v) is 2.34. The zero-order chi connectivity index (χ0) is 11.5. The zero-order valence-electron chi connectivity index (χ0n) is 8.38. The van der Waals surface area contributed by atoms with Crippen LogP contribution in [0.1, 0.15) is 5.56 Å². The second-order valence-electron chi connectivity index (χ2n) is 3.33. The van der Waals surface area contributed by atoms with Crippen LogP contribution in [0.5, 0.6) is 11.5 Å². The monoisotopic (exact) mass is 211 g/mol. The average molecular weight is 211 g/mol. The molecule has 2 aromatic carbocycles. The molecule has 0 fully saturated rings. The first-order valence-corrected chi connectivity index (χ1v) is 4.74. The van der Waals surface area contributed by atoms with E-state index in [2.05, 4.69) is 0 Å². The highest BCUT2D eigenvalue weighted by atomic mass is 16.3. The van der Waals surface area contributed by atoms with Crippen LogP contribution < -0.4 is 0 Å². The predicted octanol–water partition coefficient (Wildman–Crippen LogP) is 2.64. The molecule has 0 atom stereocenters. The first-order chi connectivity index (χ1) is 7.74. The second-order valence-corrected chi connectivity index (χ2v) is 3.33. The highest BCUT2D eigenvalue weighted by Gasteiger charge is 2.13. The number of phenolic OH excluding ortho intramolecular Hbond substituents is 2. The number of phenols is 2. The summed E-state index contributed by atoms with van der Waals surface area (Å²) in [6.07, 6.45) is 0. The van der Waals surface area contributed by atoms with Crippen molar-refractivity contribution in [2.45, 2.75) is 0 Å². The van der Waals surface area contributed by atoms with Gasteiger partial charge in [0.15, 0.2) is 0 Å². The Bertz CT molecular complexity index is 556. The van der Waals surface area contributed by atoms with Crippen LogP contribution in [0.3, 0.4) is 0 Å². The standard InChI is InChI=1S/C13H9NO2/c14-8-10-6-7-11(15)12(13(10)16)9-4-2-1-3-5-9/h1-7,15-16H. The van der Waals surface area contributed by atoms with Gasteiger partial charge in [0.1, 0.15) is 17.6 Å². The minimum absolute atomic E-state index is 0.0392. The topological polar surface area (TPSA) is 64.2 Å². The number of hydrogen-bond acceptors (Lipinski definition) is 3. The SMILES string of the molecule is N#Cc1ccc(O)c(-c2ccccc2)c1O. The van der Waals surface area contributed by atoms with E-state index in [1.54, 1.807) is 24.3 Å². The van der Waals surface area contributed by atoms with Crippen LogP contribution in [0.15, 0.2) is 42.5 Å². The summed E-state index contributed by atoms with van der Waals surface area (Å²) in [5.74, 6) is -0.226. The molecule has 78 valence electrons. The Kier molecular flexibility index (Phi) is 2.49. The van der Waals surface area contributed by atoms with E-state index in [4.69, 9.17) is 5.26 Å². The Morgan fingerprint density at radius 2 is 1.62 bits per heavy atom. The summed E-state index contributed by atoms with van der Waals surface area (Å²) in [4.78, 5) is 0. The van der Waals surface area contributed by atoms with Crippen molar-refractivity contribution >= 4 is 0 Å². The van der Waals surface area contributed by atoms with Crippen molar-refractivity contribution in [1.82, 2.24) is 0 Å². The van der Waals surface area contributed by atoms with Gasteiger partial charge in [0.2, 0.25) is 0 Å². The summed E-state index contributed by atoms with van der Waals surface area (Å²) in [7, 11) is 0. The number of nitriles is 1. The molecule has 3 nitrogen and oxygen atoms in total. The molecule has 0 heterocycles. The first kappa shape index (κ1) is 10.1. The van der Waals surface area contributed by atoms with Gasteiger partial charge in [0, 0.05) is 0 Å². The van der Waals surface area contributed by atoms with Crippen LogP contribution in [-0.2, 0) is 0 Å². The van der Waals surface area contributed by atoms with E-state index in [0.717, 1.165) is 0 Å². The molecular formula is C13H9NO2. The van der Waals surface area contributed by atoms with Crippen LogP contribution in [0, 0.1) is 11.3 Å². The summed E-state index contributed by atoms with van der Waals surface area (Å²) < 4.78 is 0. The molecule has 0 aliphatic carbocycles. The molecule has 0 aliphatic heterocycles. The minimum atomic E-state index is -0.186. The van der Waals surface area contributed by atoms with Gasteiger partial charge in [-0.2, -0.15) is 5.26 Å². The molecule has 2 N–H and O–H groups in total. The molecule has 0 saturated heterocycles. The molecule has 0 amide bonds. The predicted molar refractivity (Wildman–Crippen MR) is 59.9 cm³/mol. The Labute approximate surface area is 92.8 Å². The molecule has 0 spiro atoms. The maximum atomic E-state index is 9.84. The Morgan fingerprint density at radius 1 is 0.938 bits per heavy atom. The minimum Gasteiger partial charge on any atom is -0.507 e. The van der Waals surface area contributed by atoms with Crippen molar-refractivity contribution in [3.05, 3.63) is 48.0 Å². The van der Waals surface area contributed by atoms with E-state index in [0.29, 0.717) is 11.1 Å². The van der Waals surface area contributed by atoms with Gasteiger partial charge in [-0.3, -0.25) is 0 Å². The number of aromatic hydroxyl groups is 2. The van der Waals surface area contributed by atoms with Crippen LogP contribution in [-0.4, -0.2) is 10.2 Å². The summed E-state index contributed by atoms with van der Waals surface area (Å²) >= 11 is 0. The van der Waals surface area contributed by atoms with Crippen molar-refractivity contribution in [1.29, 1.82) is 5.26 Å². The fourth-order valence-electron chi connectivity index (χ4n) is 1.56. The summed E-state index contributed by atoms with van der Waals surface area (Å²) in [6, 6.07) is 13.6. The van der Waals surface area contributed by atoms with E-state index in [9.17, 15) is 10.2 Å². The third kappa shape index (κ3) is 1.57. The van der Waals surface area contributed by atoms with Crippen molar-refractivity contribution in [3.63, 3.8) is 0 Å². The molecule has 2 aromatic rings. The van der Waals surface area contributed by atoms with Crippen molar-refractivity contribution in [2.24, 2.45) is 0 Å². The molecule has 0 aliphatic rings. The zero-order valence-corrected chi connectivity index (χ0v) is 8.38. The molecule has 0 saturated carbocycles. The maximum absolute atomic E-state index is 9.84. The largest absolute Gasteiger partial charge is 0.507 e. The lowest BCUT2D eigenvalue weighted by Gasteiger charge is -2.08. The lowest BCUT2D eigenvalue weighted by Crippen LogP contribution is -1.84. The molecule has 16 heavy (non-hydrogen) atoms. The molecule has 0 unspecified atom stereocenters. The average Bonchev–Trinajstić information content (AvgIpc) is 2.31. The Morgan fingerprint density at radius 3 is 2.25 bits per heavy atom. The molecule has 0 radical (unpaired) electrons. The second kappa shape index (κ2) is 3.95. The van der Waals surface area contributed by atoms with Gasteiger partial charge in [0.25, 0.3) is 0 Å². The van der Waals surface area contributed by atoms with Crippen LogP contribution in [0.4, 0.5) is 0 Å². The number of hydrogen-bond donors (Lipinski definition) is 2. The van der Waals surface area contributed by atoms with Gasteiger partial charge >= 0.3 is 0 Å². The molecular weight excluding hydrogens is 202 g/mol. The van der Waals surface area contributed by atoms with Gasteiger partial charge in [-0.05, 0) is 17.7 Å². The lowest BCUT2D eigenvalue weighted by molar-refractivity contribution is 0.453. The molecule has 0 bridgehead atoms. The summed E-state index contributed by atoms with van der Waals surface area (Å²) in [6.45, 7) is 0. The highest BCUT2D eigenvalue weighted by molar-refractivity contribution is 5.78. The van der Waals surface area contributed by atoms with Gasteiger partial charge in [-0.1, -0.05) is 30.3 Å². The van der Waals surface area contributed by atoms with E-state index in [1.165, 1.54) is 12.1 Å². The molecule has 2 rings (SSSR count). The quantitative estimate of drug-likeness (QED) is 0.762. The summed E-state index contributed by atoms with van der Waals surface area (Å²) in [5.41, 5.74) is 1.12. The molecule has 0 aromatic heterocycles. The van der Waals surface area contributed by atoms with Gasteiger partial charge in [-0.25, -0.2) is 0 Å². The van der Waals surface area contributed by atoms with Crippen LogP contribution in [0.2, 0.25) is 0 Å². The maximum Gasteiger partial charge on any atom is 0.144 e. The van der Waals surface area contributed by atoms with Crippen molar-refractivity contribution in [3.8, 4) is 28.7 Å². The van der Waals surface area contributed by atoms with Crippen molar-refractivity contribution in [2.75, 3.05) is 0 Å². The fourth-order valence-corrected chi connectivity index (χ4v) is 1.56. The van der Waals surface area contributed by atoms with Gasteiger partial charge < -0.3 is 10.2 Å². The fraction of sp³-hybridized carbons (Fsp3) is 0. The van der Waals surface area contributed by atoms with E-state index >= 15 is 0 Å². The van der Waals surface area contributed by atoms with Crippen molar-refractivity contribution < 1.29 is 10.2 Å². The van der Waals surface area contributed by atoms with Gasteiger partial charge in [-0.15, -0.1) is 0 Å².